The fourth-order valence-electron chi connectivity index (χ4n) is 1.89. The van der Waals surface area contributed by atoms with Crippen LogP contribution in [-0.2, 0) is 0 Å². The molecule has 0 saturated heterocycles. The average molecular weight is 334 g/mol. The summed E-state index contributed by atoms with van der Waals surface area (Å²) in [4.78, 5) is 0. The summed E-state index contributed by atoms with van der Waals surface area (Å²) in [6, 6.07) is 27.1. The summed E-state index contributed by atoms with van der Waals surface area (Å²) in [5.74, 6) is -0.311. The number of rotatable bonds is 1. The quantitative estimate of drug-likeness (QED) is 0.626. The van der Waals surface area contributed by atoms with Gasteiger partial charge in [0.15, 0.2) is 0 Å². The molecule has 0 atom stereocenters. The number of benzene rings is 3. The maximum absolute atomic E-state index is 12.1. The third-order valence-electron chi connectivity index (χ3n) is 3.09. The van der Waals surface area contributed by atoms with Crippen LogP contribution < -0.4 is 0 Å². The van der Waals surface area contributed by atoms with Crippen molar-refractivity contribution < 1.29 is 4.39 Å². The summed E-state index contributed by atoms with van der Waals surface area (Å²) in [5, 5.41) is 16.9. The average Bonchev–Trinajstić information content (AvgIpc) is 2.64. The molecule has 0 spiro atoms. The fraction of sp³-hybridized carbons (Fsp3) is 0. The van der Waals surface area contributed by atoms with Gasteiger partial charge in [-0.05, 0) is 47.5 Å². The van der Waals surface area contributed by atoms with Gasteiger partial charge in [0.2, 0.25) is 0 Å². The van der Waals surface area contributed by atoms with Crippen LogP contribution in [-0.4, -0.2) is 0 Å². The van der Waals surface area contributed by atoms with Crippen LogP contribution in [0.1, 0.15) is 11.1 Å². The Labute approximate surface area is 147 Å². The minimum absolute atomic E-state index is 0. The molecule has 3 aromatic rings. The molecule has 118 valence electrons. The molecule has 0 heterocycles. The van der Waals surface area contributed by atoms with E-state index in [1.165, 1.54) is 29.8 Å². The standard InChI is InChI=1S/C13H9N.C7H4FN.H2S/c14-10-11-6-8-13(9-7-11)12-4-2-1-3-5-12;8-7-3-1-6(5-9)2-4-7;/h1-9H;1-4H;1H2. The van der Waals surface area contributed by atoms with Crippen molar-refractivity contribution in [3.63, 3.8) is 0 Å². The molecule has 0 aromatic heterocycles. The van der Waals surface area contributed by atoms with E-state index in [9.17, 15) is 4.39 Å². The van der Waals surface area contributed by atoms with Gasteiger partial charge < -0.3 is 0 Å². The van der Waals surface area contributed by atoms with Gasteiger partial charge in [-0.25, -0.2) is 4.39 Å². The highest BCUT2D eigenvalue weighted by Gasteiger charge is 1.95. The fourth-order valence-corrected chi connectivity index (χ4v) is 1.89. The summed E-state index contributed by atoms with van der Waals surface area (Å²) in [5.41, 5.74) is 3.50. The van der Waals surface area contributed by atoms with Crippen molar-refractivity contribution in [3.8, 4) is 23.3 Å². The van der Waals surface area contributed by atoms with E-state index in [0.717, 1.165) is 5.56 Å². The van der Waals surface area contributed by atoms with Crippen LogP contribution in [0.2, 0.25) is 0 Å². The van der Waals surface area contributed by atoms with Gasteiger partial charge in [0.05, 0.1) is 23.3 Å². The highest BCUT2D eigenvalue weighted by atomic mass is 32.1. The lowest BCUT2D eigenvalue weighted by Crippen LogP contribution is -1.77. The van der Waals surface area contributed by atoms with E-state index in [0.29, 0.717) is 11.1 Å². The predicted molar refractivity (Wildman–Crippen MR) is 98.1 cm³/mol. The van der Waals surface area contributed by atoms with E-state index < -0.39 is 0 Å². The molecule has 3 aromatic carbocycles. The molecule has 0 saturated carbocycles. The first-order valence-corrected chi connectivity index (χ1v) is 6.94. The zero-order chi connectivity index (χ0) is 16.5. The molecular formula is C20H15FN2S. The highest BCUT2D eigenvalue weighted by Crippen LogP contribution is 2.18. The lowest BCUT2D eigenvalue weighted by atomic mass is 10.0. The molecule has 24 heavy (non-hydrogen) atoms. The number of nitrogens with zero attached hydrogens (tertiary/aromatic N) is 2. The minimum atomic E-state index is -0.311. The molecular weight excluding hydrogens is 319 g/mol. The van der Waals surface area contributed by atoms with Gasteiger partial charge in [-0.2, -0.15) is 24.0 Å². The zero-order valence-corrected chi connectivity index (χ0v) is 13.8. The Morgan fingerprint density at radius 3 is 1.46 bits per heavy atom. The van der Waals surface area contributed by atoms with Gasteiger partial charge in [0, 0.05) is 0 Å². The molecule has 0 unspecified atom stereocenters. The summed E-state index contributed by atoms with van der Waals surface area (Å²) >= 11 is 0. The van der Waals surface area contributed by atoms with Crippen molar-refractivity contribution in [1.82, 2.24) is 0 Å². The highest BCUT2D eigenvalue weighted by molar-refractivity contribution is 7.59. The van der Waals surface area contributed by atoms with E-state index in [4.69, 9.17) is 10.5 Å². The van der Waals surface area contributed by atoms with Gasteiger partial charge in [-0.1, -0.05) is 42.5 Å². The van der Waals surface area contributed by atoms with Crippen molar-refractivity contribution in [1.29, 1.82) is 10.5 Å². The van der Waals surface area contributed by atoms with E-state index in [-0.39, 0.29) is 19.3 Å². The molecule has 0 radical (unpaired) electrons. The Kier molecular flexibility index (Phi) is 7.78. The van der Waals surface area contributed by atoms with E-state index in [1.54, 1.807) is 0 Å². The van der Waals surface area contributed by atoms with Crippen LogP contribution in [0.15, 0.2) is 78.9 Å². The molecule has 0 aliphatic rings. The molecule has 0 fully saturated rings. The van der Waals surface area contributed by atoms with Crippen LogP contribution >= 0.6 is 13.5 Å². The Morgan fingerprint density at radius 2 is 1.00 bits per heavy atom. The third kappa shape index (κ3) is 5.61. The molecule has 0 N–H and O–H groups in total. The van der Waals surface area contributed by atoms with Crippen molar-refractivity contribution in [2.24, 2.45) is 0 Å². The smallest absolute Gasteiger partial charge is 0.123 e. The van der Waals surface area contributed by atoms with Crippen LogP contribution in [0, 0.1) is 28.5 Å². The van der Waals surface area contributed by atoms with Crippen LogP contribution in [0.5, 0.6) is 0 Å². The first kappa shape index (κ1) is 19.0. The Balaban J connectivity index is 0.000000252. The first-order chi connectivity index (χ1) is 11.2. The van der Waals surface area contributed by atoms with Gasteiger partial charge in [-0.3, -0.25) is 0 Å². The summed E-state index contributed by atoms with van der Waals surface area (Å²) in [6.45, 7) is 0. The predicted octanol–water partition coefficient (Wildman–Crippen LogP) is 5.04. The molecule has 0 bridgehead atoms. The van der Waals surface area contributed by atoms with Crippen molar-refractivity contribution in [2.45, 2.75) is 0 Å². The van der Waals surface area contributed by atoms with Gasteiger partial charge in [0.25, 0.3) is 0 Å². The second kappa shape index (κ2) is 9.84. The van der Waals surface area contributed by atoms with E-state index >= 15 is 0 Å². The second-order valence-corrected chi connectivity index (χ2v) is 4.67. The maximum atomic E-state index is 12.1. The SMILES string of the molecule is N#Cc1ccc(-c2ccccc2)cc1.N#Cc1ccc(F)cc1.S. The van der Waals surface area contributed by atoms with Crippen LogP contribution in [0.4, 0.5) is 4.39 Å². The molecule has 3 rings (SSSR count). The number of hydrogen-bond acceptors (Lipinski definition) is 2. The Bertz CT molecular complexity index is 830. The van der Waals surface area contributed by atoms with Gasteiger partial charge in [0.1, 0.15) is 5.82 Å². The lowest BCUT2D eigenvalue weighted by Gasteiger charge is -1.99. The molecule has 4 heteroatoms. The summed E-state index contributed by atoms with van der Waals surface area (Å²) in [7, 11) is 0. The van der Waals surface area contributed by atoms with Crippen molar-refractivity contribution in [2.75, 3.05) is 0 Å². The molecule has 0 aliphatic heterocycles. The molecule has 0 amide bonds. The Morgan fingerprint density at radius 1 is 0.583 bits per heavy atom. The number of nitriles is 2. The third-order valence-corrected chi connectivity index (χ3v) is 3.09. The van der Waals surface area contributed by atoms with Crippen molar-refractivity contribution in [3.05, 3.63) is 95.8 Å². The molecule has 0 aliphatic carbocycles. The maximum Gasteiger partial charge on any atom is 0.123 e. The zero-order valence-electron chi connectivity index (χ0n) is 12.8. The second-order valence-electron chi connectivity index (χ2n) is 4.67. The lowest BCUT2D eigenvalue weighted by molar-refractivity contribution is 0.627. The number of halogens is 1. The van der Waals surface area contributed by atoms with Gasteiger partial charge >= 0.3 is 0 Å². The monoisotopic (exact) mass is 334 g/mol. The van der Waals surface area contributed by atoms with E-state index in [2.05, 4.69) is 18.2 Å². The summed E-state index contributed by atoms with van der Waals surface area (Å²) < 4.78 is 12.1. The normalized spacial score (nSPS) is 8.62. The largest absolute Gasteiger partial charge is 0.207 e. The summed E-state index contributed by atoms with van der Waals surface area (Å²) in [6.07, 6.45) is 0. The number of hydrogen-bond donors (Lipinski definition) is 0. The van der Waals surface area contributed by atoms with Crippen LogP contribution in [0.3, 0.4) is 0 Å². The molecule has 2 nitrogen and oxygen atoms in total. The topological polar surface area (TPSA) is 47.6 Å². The minimum Gasteiger partial charge on any atom is -0.207 e. The van der Waals surface area contributed by atoms with Crippen LogP contribution in [0.25, 0.3) is 11.1 Å². The van der Waals surface area contributed by atoms with E-state index in [1.807, 2.05) is 48.5 Å². The van der Waals surface area contributed by atoms with Gasteiger partial charge in [-0.15, -0.1) is 0 Å². The first-order valence-electron chi connectivity index (χ1n) is 6.94. The Hall–Kier alpha value is -3.08. The van der Waals surface area contributed by atoms with Crippen molar-refractivity contribution >= 4 is 13.5 Å².